The lowest BCUT2D eigenvalue weighted by molar-refractivity contribution is -0.122. The summed E-state index contributed by atoms with van der Waals surface area (Å²) >= 11 is 0. The summed E-state index contributed by atoms with van der Waals surface area (Å²) in [4.78, 5) is 14.0. The van der Waals surface area contributed by atoms with E-state index in [1.54, 1.807) is 38.2 Å². The SMILES string of the molecule is CC(C(=O)Nc1cccc(C#N)c1)N(C)C(C)(C)CO. The highest BCUT2D eigenvalue weighted by Crippen LogP contribution is 2.16. The van der Waals surface area contributed by atoms with Crippen LogP contribution in [-0.4, -0.2) is 41.1 Å². The monoisotopic (exact) mass is 275 g/mol. The van der Waals surface area contributed by atoms with Gasteiger partial charge in [-0.1, -0.05) is 6.07 Å². The van der Waals surface area contributed by atoms with Gasteiger partial charge in [-0.15, -0.1) is 0 Å². The lowest BCUT2D eigenvalue weighted by Crippen LogP contribution is -2.52. The molecule has 0 saturated carbocycles. The summed E-state index contributed by atoms with van der Waals surface area (Å²) in [7, 11) is 1.80. The van der Waals surface area contributed by atoms with E-state index in [9.17, 15) is 9.90 Å². The fourth-order valence-corrected chi connectivity index (χ4v) is 1.72. The zero-order valence-corrected chi connectivity index (χ0v) is 12.3. The number of likely N-dealkylation sites (N-methyl/N-ethyl adjacent to an activating group) is 1. The molecule has 1 rings (SSSR count). The maximum Gasteiger partial charge on any atom is 0.241 e. The van der Waals surface area contributed by atoms with Crippen LogP contribution in [0.5, 0.6) is 0 Å². The zero-order valence-electron chi connectivity index (χ0n) is 12.3. The van der Waals surface area contributed by atoms with Gasteiger partial charge in [0, 0.05) is 11.2 Å². The van der Waals surface area contributed by atoms with E-state index < -0.39 is 11.6 Å². The number of carbonyl (C=O) groups excluding carboxylic acids is 1. The van der Waals surface area contributed by atoms with E-state index in [2.05, 4.69) is 5.32 Å². The number of hydrogen-bond donors (Lipinski definition) is 2. The summed E-state index contributed by atoms with van der Waals surface area (Å²) in [5, 5.41) is 21.0. The summed E-state index contributed by atoms with van der Waals surface area (Å²) in [5.41, 5.74) is 0.612. The van der Waals surface area contributed by atoms with E-state index >= 15 is 0 Å². The van der Waals surface area contributed by atoms with Gasteiger partial charge in [0.25, 0.3) is 0 Å². The Kier molecular flexibility index (Phi) is 5.26. The highest BCUT2D eigenvalue weighted by atomic mass is 16.3. The average molecular weight is 275 g/mol. The molecule has 1 unspecified atom stereocenters. The van der Waals surface area contributed by atoms with Crippen molar-refractivity contribution >= 4 is 11.6 Å². The number of nitrogens with one attached hydrogen (secondary N) is 1. The third kappa shape index (κ3) is 3.80. The lowest BCUT2D eigenvalue weighted by atomic mass is 10.0. The van der Waals surface area contributed by atoms with Crippen molar-refractivity contribution < 1.29 is 9.90 Å². The summed E-state index contributed by atoms with van der Waals surface area (Å²) in [5.74, 6) is -0.177. The number of anilines is 1. The number of amides is 1. The standard InChI is InChI=1S/C15H21N3O2/c1-11(18(4)15(2,3)10-19)14(20)17-13-7-5-6-12(8-13)9-16/h5-8,11,19H,10H2,1-4H3,(H,17,20). The minimum Gasteiger partial charge on any atom is -0.394 e. The molecule has 1 amide bonds. The molecule has 0 spiro atoms. The Morgan fingerprint density at radius 3 is 2.75 bits per heavy atom. The van der Waals surface area contributed by atoms with Gasteiger partial charge in [0.05, 0.1) is 24.3 Å². The Morgan fingerprint density at radius 2 is 2.20 bits per heavy atom. The molecule has 20 heavy (non-hydrogen) atoms. The summed E-state index contributed by atoms with van der Waals surface area (Å²) in [6, 6.07) is 8.40. The van der Waals surface area contributed by atoms with Gasteiger partial charge in [0.2, 0.25) is 5.91 Å². The highest BCUT2D eigenvalue weighted by molar-refractivity contribution is 5.94. The van der Waals surface area contributed by atoms with Crippen molar-refractivity contribution in [2.45, 2.75) is 32.4 Å². The molecule has 1 aromatic carbocycles. The second-order valence-corrected chi connectivity index (χ2v) is 5.44. The van der Waals surface area contributed by atoms with Gasteiger partial charge < -0.3 is 10.4 Å². The van der Waals surface area contributed by atoms with E-state index in [-0.39, 0.29) is 12.5 Å². The molecule has 0 radical (unpaired) electrons. The third-order valence-corrected chi connectivity index (χ3v) is 3.56. The van der Waals surface area contributed by atoms with Gasteiger partial charge in [0.15, 0.2) is 0 Å². The number of benzene rings is 1. The average Bonchev–Trinajstić information content (AvgIpc) is 2.45. The van der Waals surface area contributed by atoms with Crippen molar-refractivity contribution in [2.24, 2.45) is 0 Å². The maximum absolute atomic E-state index is 12.2. The van der Waals surface area contributed by atoms with Crippen LogP contribution in [-0.2, 0) is 4.79 Å². The van der Waals surface area contributed by atoms with Crippen LogP contribution in [0.15, 0.2) is 24.3 Å². The molecule has 0 aliphatic rings. The first kappa shape index (κ1) is 16.2. The molecule has 108 valence electrons. The quantitative estimate of drug-likeness (QED) is 0.855. The van der Waals surface area contributed by atoms with E-state index in [0.717, 1.165) is 0 Å². The van der Waals surface area contributed by atoms with Gasteiger partial charge >= 0.3 is 0 Å². The molecular weight excluding hydrogens is 254 g/mol. The predicted octanol–water partition coefficient (Wildman–Crippen LogP) is 1.59. The zero-order chi connectivity index (χ0) is 15.3. The molecule has 0 bridgehead atoms. The van der Waals surface area contributed by atoms with Crippen LogP contribution in [0, 0.1) is 11.3 Å². The van der Waals surface area contributed by atoms with Crippen molar-refractivity contribution in [3.8, 4) is 6.07 Å². The Balaban J connectivity index is 2.78. The van der Waals surface area contributed by atoms with Crippen LogP contribution in [0.4, 0.5) is 5.69 Å². The summed E-state index contributed by atoms with van der Waals surface area (Å²) in [6.45, 7) is 5.48. The second kappa shape index (κ2) is 6.51. The summed E-state index contributed by atoms with van der Waals surface area (Å²) < 4.78 is 0. The third-order valence-electron chi connectivity index (χ3n) is 3.56. The topological polar surface area (TPSA) is 76.4 Å². The van der Waals surface area contributed by atoms with Crippen LogP contribution in [0.2, 0.25) is 0 Å². The molecule has 5 heteroatoms. The van der Waals surface area contributed by atoms with Gasteiger partial charge in [-0.05, 0) is 46.0 Å². The number of nitrogens with zero attached hydrogens (tertiary/aromatic N) is 2. The molecule has 0 aromatic heterocycles. The van der Waals surface area contributed by atoms with Crippen LogP contribution in [0.3, 0.4) is 0 Å². The van der Waals surface area contributed by atoms with Gasteiger partial charge in [-0.3, -0.25) is 9.69 Å². The molecule has 2 N–H and O–H groups in total. The predicted molar refractivity (Wildman–Crippen MR) is 78.2 cm³/mol. The molecular formula is C15H21N3O2. The van der Waals surface area contributed by atoms with E-state index in [1.807, 2.05) is 24.8 Å². The lowest BCUT2D eigenvalue weighted by Gasteiger charge is -2.37. The molecule has 0 saturated heterocycles. The summed E-state index contributed by atoms with van der Waals surface area (Å²) in [6.07, 6.45) is 0. The van der Waals surface area contributed by atoms with Crippen molar-refractivity contribution in [2.75, 3.05) is 19.0 Å². The number of hydrogen-bond acceptors (Lipinski definition) is 4. The number of aliphatic hydroxyl groups excluding tert-OH is 1. The molecule has 0 heterocycles. The van der Waals surface area contributed by atoms with Crippen LogP contribution < -0.4 is 5.32 Å². The second-order valence-electron chi connectivity index (χ2n) is 5.44. The molecule has 1 aromatic rings. The molecule has 0 aliphatic carbocycles. The largest absolute Gasteiger partial charge is 0.394 e. The number of carbonyl (C=O) groups is 1. The Labute approximate surface area is 119 Å². The van der Waals surface area contributed by atoms with E-state index in [0.29, 0.717) is 11.3 Å². The Bertz CT molecular complexity index is 520. The number of rotatable bonds is 5. The molecule has 5 nitrogen and oxygen atoms in total. The van der Waals surface area contributed by atoms with Crippen molar-refractivity contribution in [3.05, 3.63) is 29.8 Å². The molecule has 0 aliphatic heterocycles. The molecule has 0 fully saturated rings. The van der Waals surface area contributed by atoms with Crippen LogP contribution in [0.1, 0.15) is 26.3 Å². The van der Waals surface area contributed by atoms with E-state index in [4.69, 9.17) is 5.26 Å². The fourth-order valence-electron chi connectivity index (χ4n) is 1.72. The van der Waals surface area contributed by atoms with Crippen LogP contribution >= 0.6 is 0 Å². The Morgan fingerprint density at radius 1 is 1.55 bits per heavy atom. The first-order valence-electron chi connectivity index (χ1n) is 6.46. The maximum atomic E-state index is 12.2. The first-order chi connectivity index (χ1) is 9.31. The number of nitriles is 1. The van der Waals surface area contributed by atoms with Crippen LogP contribution in [0.25, 0.3) is 0 Å². The van der Waals surface area contributed by atoms with Gasteiger partial charge in [0.1, 0.15) is 0 Å². The van der Waals surface area contributed by atoms with Crippen molar-refractivity contribution in [1.29, 1.82) is 5.26 Å². The van der Waals surface area contributed by atoms with Crippen molar-refractivity contribution in [3.63, 3.8) is 0 Å². The van der Waals surface area contributed by atoms with Gasteiger partial charge in [-0.2, -0.15) is 5.26 Å². The first-order valence-corrected chi connectivity index (χ1v) is 6.46. The van der Waals surface area contributed by atoms with Crippen molar-refractivity contribution in [1.82, 2.24) is 4.90 Å². The minimum atomic E-state index is -0.481. The highest BCUT2D eigenvalue weighted by Gasteiger charge is 2.30. The smallest absolute Gasteiger partial charge is 0.241 e. The minimum absolute atomic E-state index is 0.0367. The fraction of sp³-hybridized carbons (Fsp3) is 0.467. The Hall–Kier alpha value is -1.90. The van der Waals surface area contributed by atoms with Gasteiger partial charge in [-0.25, -0.2) is 0 Å². The number of aliphatic hydroxyl groups is 1. The molecule has 1 atom stereocenters. The van der Waals surface area contributed by atoms with E-state index in [1.165, 1.54) is 0 Å². The normalized spacial score (nSPS) is 12.8.